The molecule has 0 atom stereocenters. The summed E-state index contributed by atoms with van der Waals surface area (Å²) in [5.74, 6) is 1.35. The van der Waals surface area contributed by atoms with Gasteiger partial charge in [-0.3, -0.25) is 9.69 Å². The van der Waals surface area contributed by atoms with Gasteiger partial charge in [0.25, 0.3) is 0 Å². The average Bonchev–Trinajstić information content (AvgIpc) is 3.02. The van der Waals surface area contributed by atoms with Crippen molar-refractivity contribution in [2.24, 2.45) is 0 Å². The van der Waals surface area contributed by atoms with Gasteiger partial charge in [-0.15, -0.1) is 0 Å². The third-order valence-corrected chi connectivity index (χ3v) is 4.04. The smallest absolute Gasteiger partial charge is 0.325 e. The number of carbonyl (C=O) groups is 2. The molecule has 1 N–H and O–H groups in total. The van der Waals surface area contributed by atoms with E-state index in [4.69, 9.17) is 9.47 Å². The zero-order valence-corrected chi connectivity index (χ0v) is 14.6. The molecule has 26 heavy (non-hydrogen) atoms. The number of amides is 3. The van der Waals surface area contributed by atoms with Gasteiger partial charge in [0.1, 0.15) is 23.9 Å². The molecule has 3 rings (SSSR count). The Labute approximate surface area is 151 Å². The quantitative estimate of drug-likeness (QED) is 0.856. The normalized spacial score (nSPS) is 13.7. The van der Waals surface area contributed by atoms with E-state index in [2.05, 4.69) is 10.3 Å². The first-order chi connectivity index (χ1) is 12.6. The van der Waals surface area contributed by atoms with E-state index in [-0.39, 0.29) is 18.5 Å². The van der Waals surface area contributed by atoms with E-state index in [0.717, 1.165) is 0 Å². The molecule has 0 bridgehead atoms. The molecule has 1 aromatic heterocycles. The molecule has 1 fully saturated rings. The molecule has 3 amide bonds. The largest absolute Gasteiger partial charge is 0.497 e. The fourth-order valence-corrected chi connectivity index (χ4v) is 2.75. The van der Waals surface area contributed by atoms with E-state index >= 15 is 0 Å². The summed E-state index contributed by atoms with van der Waals surface area (Å²) in [4.78, 5) is 32.0. The molecule has 1 aliphatic rings. The minimum Gasteiger partial charge on any atom is -0.497 e. The van der Waals surface area contributed by atoms with Crippen molar-refractivity contribution in [1.82, 2.24) is 9.88 Å². The van der Waals surface area contributed by atoms with Crippen LogP contribution in [-0.2, 0) is 4.79 Å². The van der Waals surface area contributed by atoms with Crippen LogP contribution < -0.4 is 19.7 Å². The molecule has 0 unspecified atom stereocenters. The molecule has 0 spiro atoms. The number of pyridine rings is 1. The Morgan fingerprint density at radius 1 is 1.19 bits per heavy atom. The Bertz CT molecular complexity index is 797. The van der Waals surface area contributed by atoms with Gasteiger partial charge in [-0.05, 0) is 24.3 Å². The van der Waals surface area contributed by atoms with Crippen LogP contribution in [-0.4, -0.2) is 55.7 Å². The lowest BCUT2D eigenvalue weighted by Crippen LogP contribution is -2.37. The molecule has 8 heteroatoms. The maximum absolute atomic E-state index is 12.7. The zero-order chi connectivity index (χ0) is 18.5. The second kappa shape index (κ2) is 7.73. The number of rotatable bonds is 6. The predicted octanol–water partition coefficient (Wildman–Crippen LogP) is 1.98. The van der Waals surface area contributed by atoms with E-state index in [1.54, 1.807) is 61.7 Å². The lowest BCUT2D eigenvalue weighted by molar-refractivity contribution is -0.116. The number of carbonyl (C=O) groups excluding carboxylic acids is 2. The maximum atomic E-state index is 12.7. The molecule has 2 aromatic rings. The van der Waals surface area contributed by atoms with Gasteiger partial charge < -0.3 is 19.7 Å². The number of hydrogen-bond acceptors (Lipinski definition) is 5. The van der Waals surface area contributed by atoms with Gasteiger partial charge in [0, 0.05) is 25.4 Å². The summed E-state index contributed by atoms with van der Waals surface area (Å²) < 4.78 is 10.6. The maximum Gasteiger partial charge on any atom is 0.325 e. The monoisotopic (exact) mass is 356 g/mol. The van der Waals surface area contributed by atoms with Gasteiger partial charge in [-0.2, -0.15) is 0 Å². The topological polar surface area (TPSA) is 84.0 Å². The van der Waals surface area contributed by atoms with Crippen molar-refractivity contribution < 1.29 is 19.1 Å². The minimum atomic E-state index is -0.295. The number of nitrogens with one attached hydrogen (secondary N) is 1. The molecule has 0 radical (unpaired) electrons. The molecule has 0 aliphatic carbocycles. The summed E-state index contributed by atoms with van der Waals surface area (Å²) in [5.41, 5.74) is 0.615. The third-order valence-electron chi connectivity index (χ3n) is 4.04. The van der Waals surface area contributed by atoms with Crippen molar-refractivity contribution in [1.29, 1.82) is 0 Å². The second-order valence-electron chi connectivity index (χ2n) is 5.66. The van der Waals surface area contributed by atoms with Crippen molar-refractivity contribution in [3.63, 3.8) is 0 Å². The van der Waals surface area contributed by atoms with E-state index in [9.17, 15) is 9.59 Å². The molecule has 1 aromatic carbocycles. The lowest BCUT2D eigenvalue weighted by atomic mass is 10.2. The highest BCUT2D eigenvalue weighted by molar-refractivity contribution is 6.00. The summed E-state index contributed by atoms with van der Waals surface area (Å²) >= 11 is 0. The summed E-state index contributed by atoms with van der Waals surface area (Å²) in [6.07, 6.45) is 1.59. The van der Waals surface area contributed by atoms with Crippen molar-refractivity contribution in [2.75, 3.05) is 44.1 Å². The van der Waals surface area contributed by atoms with E-state index in [0.29, 0.717) is 36.1 Å². The zero-order valence-electron chi connectivity index (χ0n) is 14.6. The highest BCUT2D eigenvalue weighted by Crippen LogP contribution is 2.34. The number of urea groups is 1. The molecule has 1 aliphatic heterocycles. The first-order valence-corrected chi connectivity index (χ1v) is 8.11. The molecular formula is C18H20N4O4. The molecule has 2 heterocycles. The van der Waals surface area contributed by atoms with E-state index in [1.807, 2.05) is 0 Å². The Balaban J connectivity index is 1.69. The van der Waals surface area contributed by atoms with Gasteiger partial charge >= 0.3 is 6.03 Å². The molecular weight excluding hydrogens is 336 g/mol. The van der Waals surface area contributed by atoms with Crippen LogP contribution in [0.4, 0.5) is 16.3 Å². The van der Waals surface area contributed by atoms with Crippen molar-refractivity contribution in [2.45, 2.75) is 0 Å². The first kappa shape index (κ1) is 17.5. The first-order valence-electron chi connectivity index (χ1n) is 8.11. The Morgan fingerprint density at radius 3 is 2.73 bits per heavy atom. The Kier molecular flexibility index (Phi) is 5.21. The van der Waals surface area contributed by atoms with Crippen LogP contribution in [0.25, 0.3) is 0 Å². The van der Waals surface area contributed by atoms with Crippen LogP contribution in [0.1, 0.15) is 0 Å². The Morgan fingerprint density at radius 2 is 2.04 bits per heavy atom. The average molecular weight is 356 g/mol. The molecule has 8 nitrogen and oxygen atoms in total. The van der Waals surface area contributed by atoms with Crippen LogP contribution >= 0.6 is 0 Å². The van der Waals surface area contributed by atoms with Gasteiger partial charge in [0.15, 0.2) is 0 Å². The molecule has 136 valence electrons. The van der Waals surface area contributed by atoms with Gasteiger partial charge in [0.2, 0.25) is 5.91 Å². The van der Waals surface area contributed by atoms with Crippen LogP contribution in [0.15, 0.2) is 42.6 Å². The summed E-state index contributed by atoms with van der Waals surface area (Å²) in [7, 11) is 3.11. The van der Waals surface area contributed by atoms with Crippen LogP contribution in [0.2, 0.25) is 0 Å². The summed E-state index contributed by atoms with van der Waals surface area (Å²) in [6, 6.07) is 10.2. The number of aromatic nitrogens is 1. The highest BCUT2D eigenvalue weighted by atomic mass is 16.5. The van der Waals surface area contributed by atoms with Crippen molar-refractivity contribution >= 4 is 23.4 Å². The number of benzene rings is 1. The van der Waals surface area contributed by atoms with Crippen molar-refractivity contribution in [3.8, 4) is 11.5 Å². The van der Waals surface area contributed by atoms with Gasteiger partial charge in [-0.25, -0.2) is 9.78 Å². The van der Waals surface area contributed by atoms with Gasteiger partial charge in [0.05, 0.1) is 19.9 Å². The van der Waals surface area contributed by atoms with Gasteiger partial charge in [-0.1, -0.05) is 6.07 Å². The number of ether oxygens (including phenoxy) is 2. The SMILES string of the molecule is COc1ccc(OC)c(N2CCN(CC(=O)Nc3ccccn3)C2=O)c1. The second-order valence-corrected chi connectivity index (χ2v) is 5.66. The standard InChI is InChI=1S/C18H20N4O4/c1-25-13-6-7-15(26-2)14(11-13)22-10-9-21(18(22)24)12-17(23)20-16-5-3-4-8-19-16/h3-8,11H,9-10,12H2,1-2H3,(H,19,20,23). The number of hydrogen-bond donors (Lipinski definition) is 1. The predicted molar refractivity (Wildman–Crippen MR) is 96.7 cm³/mol. The fraction of sp³-hybridized carbons (Fsp3) is 0.278. The minimum absolute atomic E-state index is 0.0435. The van der Waals surface area contributed by atoms with E-state index in [1.165, 1.54) is 4.90 Å². The summed E-state index contributed by atoms with van der Waals surface area (Å²) in [5, 5.41) is 2.68. The summed E-state index contributed by atoms with van der Waals surface area (Å²) in [6.45, 7) is 0.853. The number of nitrogens with zero attached hydrogens (tertiary/aromatic N) is 3. The lowest BCUT2D eigenvalue weighted by Gasteiger charge is -2.21. The number of methoxy groups -OCH3 is 2. The fourth-order valence-electron chi connectivity index (χ4n) is 2.75. The third kappa shape index (κ3) is 3.69. The van der Waals surface area contributed by atoms with E-state index < -0.39 is 0 Å². The van der Waals surface area contributed by atoms with Crippen LogP contribution in [0.3, 0.4) is 0 Å². The Hall–Kier alpha value is -3.29. The number of anilines is 2. The van der Waals surface area contributed by atoms with Crippen LogP contribution in [0.5, 0.6) is 11.5 Å². The highest BCUT2D eigenvalue weighted by Gasteiger charge is 2.32. The molecule has 0 saturated carbocycles. The molecule has 1 saturated heterocycles. The van der Waals surface area contributed by atoms with Crippen molar-refractivity contribution in [3.05, 3.63) is 42.6 Å². The van der Waals surface area contributed by atoms with Crippen LogP contribution in [0, 0.1) is 0 Å².